The fraction of sp³-hybridized carbons (Fsp3) is 0.143. The van der Waals surface area contributed by atoms with Crippen LogP contribution in [0.4, 0.5) is 28.4 Å². The second-order valence-corrected chi connectivity index (χ2v) is 20.5. The summed E-state index contributed by atoms with van der Waals surface area (Å²) >= 11 is 0. The van der Waals surface area contributed by atoms with Gasteiger partial charge in [-0.25, -0.2) is 0 Å². The number of nitrogens with one attached hydrogen (secondary N) is 1. The molecule has 0 fully saturated rings. The van der Waals surface area contributed by atoms with E-state index in [0.717, 1.165) is 73.1 Å². The Morgan fingerprint density at radius 2 is 1.16 bits per heavy atom. The molecule has 10 aromatic rings. The van der Waals surface area contributed by atoms with Gasteiger partial charge in [-0.1, -0.05) is 173 Å². The van der Waals surface area contributed by atoms with Crippen molar-refractivity contribution in [3.63, 3.8) is 0 Å². The predicted molar refractivity (Wildman–Crippen MR) is 280 cm³/mol. The standard InChI is InChI=1S/C63H48BN2O/c1-61(2)33-34-62(3,4)51-37-40(29-31-48(51)61)65-53-32-30-44-43-21-10-15-28-56(43)67-60(44)57(53)45-35-39(38-17-6-5-7-18-38)36-55-58(45)64-52-26-16-25-50-59(52)66(55)54-27-14-13-24-49(54)63(50)46-22-11-8-19-41(46)42-20-9-12-23-47(42)63/h5-32,35-37,65H,33-34H2,1-4H3. The highest BCUT2D eigenvalue weighted by molar-refractivity contribution is 6.73. The number of para-hydroxylation sites is 3. The molecule has 0 bridgehead atoms. The van der Waals surface area contributed by atoms with E-state index in [2.05, 4.69) is 233 Å². The molecule has 3 nitrogen and oxygen atoms in total. The van der Waals surface area contributed by atoms with Crippen LogP contribution in [0.5, 0.6) is 0 Å². The van der Waals surface area contributed by atoms with Crippen LogP contribution in [-0.4, -0.2) is 7.28 Å². The van der Waals surface area contributed by atoms with E-state index in [0.29, 0.717) is 0 Å². The number of hydrogen-bond acceptors (Lipinski definition) is 3. The number of nitrogens with zero attached hydrogens (tertiary/aromatic N) is 1. The molecule has 2 aliphatic carbocycles. The molecule has 1 N–H and O–H groups in total. The van der Waals surface area contributed by atoms with E-state index in [1.807, 2.05) is 0 Å². The number of anilines is 5. The quantitative estimate of drug-likeness (QED) is 0.179. The summed E-state index contributed by atoms with van der Waals surface area (Å²) in [7, 11) is 2.46. The van der Waals surface area contributed by atoms with Crippen molar-refractivity contribution in [2.45, 2.75) is 56.8 Å². The second kappa shape index (κ2) is 13.7. The molecule has 0 amide bonds. The summed E-state index contributed by atoms with van der Waals surface area (Å²) in [6, 6.07) is 70.1. The highest BCUT2D eigenvalue weighted by atomic mass is 16.3. The van der Waals surface area contributed by atoms with Gasteiger partial charge in [0.05, 0.1) is 16.8 Å². The normalized spacial score (nSPS) is 16.1. The highest BCUT2D eigenvalue weighted by Crippen LogP contribution is 2.63. The third-order valence-electron chi connectivity index (χ3n) is 16.0. The topological polar surface area (TPSA) is 28.4 Å². The molecule has 0 saturated heterocycles. The van der Waals surface area contributed by atoms with Gasteiger partial charge in [-0.3, -0.25) is 0 Å². The molecular formula is C63H48BN2O. The first-order chi connectivity index (χ1) is 32.7. The Balaban J connectivity index is 1.05. The summed E-state index contributed by atoms with van der Waals surface area (Å²) in [5.74, 6) is 0. The fourth-order valence-electron chi connectivity index (χ4n) is 12.7. The minimum absolute atomic E-state index is 0.0737. The zero-order valence-corrected chi connectivity index (χ0v) is 38.2. The van der Waals surface area contributed by atoms with Crippen LogP contribution in [0, 0.1) is 0 Å². The maximum absolute atomic E-state index is 7.08. The lowest BCUT2D eigenvalue weighted by atomic mass is 9.54. The number of furan rings is 1. The van der Waals surface area contributed by atoms with Crippen molar-refractivity contribution in [1.82, 2.24) is 0 Å². The minimum atomic E-state index is -0.494. The molecule has 67 heavy (non-hydrogen) atoms. The lowest BCUT2D eigenvalue weighted by Gasteiger charge is -2.48. The maximum Gasteiger partial charge on any atom is 0.197 e. The third-order valence-corrected chi connectivity index (χ3v) is 16.0. The number of benzene rings is 9. The zero-order valence-electron chi connectivity index (χ0n) is 38.2. The molecule has 2 aliphatic heterocycles. The largest absolute Gasteiger partial charge is 0.455 e. The van der Waals surface area contributed by atoms with Crippen molar-refractivity contribution >= 4 is 68.6 Å². The van der Waals surface area contributed by atoms with Crippen LogP contribution in [0.3, 0.4) is 0 Å². The smallest absolute Gasteiger partial charge is 0.197 e. The number of fused-ring (bicyclic) bond motifs is 15. The van der Waals surface area contributed by atoms with Crippen LogP contribution in [0.1, 0.15) is 73.9 Å². The third kappa shape index (κ3) is 5.30. The number of rotatable bonds is 4. The average Bonchev–Trinajstić information content (AvgIpc) is 3.88. The fourth-order valence-corrected chi connectivity index (χ4v) is 12.7. The Bertz CT molecular complexity index is 3680. The average molecular weight is 860 g/mol. The molecule has 1 radical (unpaired) electrons. The Morgan fingerprint density at radius 1 is 0.493 bits per heavy atom. The molecule has 14 rings (SSSR count). The van der Waals surface area contributed by atoms with Crippen molar-refractivity contribution in [2.75, 3.05) is 10.2 Å². The van der Waals surface area contributed by atoms with Crippen molar-refractivity contribution in [3.8, 4) is 33.4 Å². The summed E-state index contributed by atoms with van der Waals surface area (Å²) in [6.07, 6.45) is 2.34. The molecule has 1 spiro atoms. The van der Waals surface area contributed by atoms with Gasteiger partial charge in [0.25, 0.3) is 0 Å². The van der Waals surface area contributed by atoms with Gasteiger partial charge in [0, 0.05) is 33.4 Å². The lowest BCUT2D eigenvalue weighted by molar-refractivity contribution is 0.332. The second-order valence-electron chi connectivity index (χ2n) is 20.5. The van der Waals surface area contributed by atoms with Gasteiger partial charge in [0.15, 0.2) is 7.28 Å². The highest BCUT2D eigenvalue weighted by Gasteiger charge is 2.53. The summed E-state index contributed by atoms with van der Waals surface area (Å²) in [5, 5.41) is 6.25. The van der Waals surface area contributed by atoms with Crippen molar-refractivity contribution < 1.29 is 4.42 Å². The molecule has 3 heterocycles. The van der Waals surface area contributed by atoms with E-state index < -0.39 is 5.41 Å². The molecule has 4 aliphatic rings. The van der Waals surface area contributed by atoms with Gasteiger partial charge < -0.3 is 14.6 Å². The van der Waals surface area contributed by atoms with Crippen LogP contribution in [0.15, 0.2) is 192 Å². The summed E-state index contributed by atoms with van der Waals surface area (Å²) in [6.45, 7) is 9.60. The van der Waals surface area contributed by atoms with Gasteiger partial charge in [0.2, 0.25) is 0 Å². The first-order valence-electron chi connectivity index (χ1n) is 23.9. The minimum Gasteiger partial charge on any atom is -0.455 e. The van der Waals surface area contributed by atoms with Gasteiger partial charge in [-0.15, -0.1) is 0 Å². The summed E-state index contributed by atoms with van der Waals surface area (Å²) in [4.78, 5) is 2.58. The first-order valence-corrected chi connectivity index (χ1v) is 23.9. The molecule has 1 aromatic heterocycles. The van der Waals surface area contributed by atoms with Crippen LogP contribution in [0.2, 0.25) is 0 Å². The van der Waals surface area contributed by atoms with E-state index >= 15 is 0 Å². The lowest BCUT2D eigenvalue weighted by Crippen LogP contribution is -2.47. The maximum atomic E-state index is 7.08. The van der Waals surface area contributed by atoms with Crippen LogP contribution in [0.25, 0.3) is 55.3 Å². The van der Waals surface area contributed by atoms with Crippen molar-refractivity contribution in [3.05, 3.63) is 221 Å². The van der Waals surface area contributed by atoms with E-state index in [9.17, 15) is 0 Å². The first kappa shape index (κ1) is 38.7. The van der Waals surface area contributed by atoms with Gasteiger partial charge in [-0.2, -0.15) is 0 Å². The molecule has 0 unspecified atom stereocenters. The van der Waals surface area contributed by atoms with Crippen LogP contribution < -0.4 is 21.1 Å². The van der Waals surface area contributed by atoms with Gasteiger partial charge in [0.1, 0.15) is 11.2 Å². The summed E-state index contributed by atoms with van der Waals surface area (Å²) < 4.78 is 7.08. The van der Waals surface area contributed by atoms with E-state index in [-0.39, 0.29) is 10.8 Å². The predicted octanol–water partition coefficient (Wildman–Crippen LogP) is 15.1. The number of hydrogen-bond donors (Lipinski definition) is 1. The van der Waals surface area contributed by atoms with Crippen LogP contribution >= 0.6 is 0 Å². The zero-order chi connectivity index (χ0) is 44.8. The Hall–Kier alpha value is -7.56. The van der Waals surface area contributed by atoms with E-state index in [1.165, 1.54) is 67.8 Å². The molecule has 0 saturated carbocycles. The molecular weight excluding hydrogens is 812 g/mol. The molecule has 4 heteroatoms. The summed E-state index contributed by atoms with van der Waals surface area (Å²) in [5.41, 5.74) is 24.7. The Morgan fingerprint density at radius 3 is 1.96 bits per heavy atom. The van der Waals surface area contributed by atoms with Crippen LogP contribution in [-0.2, 0) is 16.2 Å². The van der Waals surface area contributed by atoms with Gasteiger partial charge >= 0.3 is 0 Å². The molecule has 319 valence electrons. The monoisotopic (exact) mass is 859 g/mol. The van der Waals surface area contributed by atoms with Crippen molar-refractivity contribution in [2.24, 2.45) is 0 Å². The molecule has 0 atom stereocenters. The van der Waals surface area contributed by atoms with Gasteiger partial charge in [-0.05, 0) is 139 Å². The Kier molecular flexibility index (Phi) is 7.94. The SMILES string of the molecule is CC1(C)CCC(C)(C)c2cc(Nc3ccc4c(oc5ccccc54)c3-c3cc(-c4ccccc4)cc4c3[B]c3cccc5c3N4c3ccccc3C53c4ccccc4-c4ccccc43)ccc21. The van der Waals surface area contributed by atoms with Crippen molar-refractivity contribution in [1.29, 1.82) is 0 Å². The molecule has 9 aromatic carbocycles. The van der Waals surface area contributed by atoms with E-state index in [1.54, 1.807) is 0 Å². The van der Waals surface area contributed by atoms with E-state index in [4.69, 9.17) is 4.42 Å². The Labute approximate surface area is 393 Å².